The zero-order chi connectivity index (χ0) is 29.4. The van der Waals surface area contributed by atoms with Crippen LogP contribution in [0, 0.1) is 17.2 Å². The molecule has 1 saturated heterocycles. The molecule has 1 aromatic carbocycles. The van der Waals surface area contributed by atoms with Crippen LogP contribution in [0.2, 0.25) is 5.02 Å². The van der Waals surface area contributed by atoms with Gasteiger partial charge in [-0.3, -0.25) is 14.7 Å². The summed E-state index contributed by atoms with van der Waals surface area (Å²) in [6.07, 6.45) is 3.96. The number of halogens is 3. The van der Waals surface area contributed by atoms with Crippen molar-refractivity contribution >= 4 is 51.0 Å². The molecule has 5 rings (SSSR count). The molecule has 2 aromatic rings. The highest BCUT2D eigenvalue weighted by atomic mass is 79.9. The first kappa shape index (κ1) is 29.1. The van der Waals surface area contributed by atoms with Gasteiger partial charge < -0.3 is 14.4 Å². The van der Waals surface area contributed by atoms with E-state index >= 15 is 4.39 Å². The van der Waals surface area contributed by atoms with E-state index in [0.29, 0.717) is 24.1 Å². The van der Waals surface area contributed by atoms with Crippen molar-refractivity contribution in [1.82, 2.24) is 4.98 Å². The lowest BCUT2D eigenvalue weighted by molar-refractivity contribution is -0.155. The molecule has 2 heterocycles. The first-order valence-electron chi connectivity index (χ1n) is 13.6. The van der Waals surface area contributed by atoms with E-state index in [4.69, 9.17) is 21.1 Å². The molecule has 1 saturated carbocycles. The van der Waals surface area contributed by atoms with Gasteiger partial charge in [0.15, 0.2) is 0 Å². The fourth-order valence-corrected chi connectivity index (χ4v) is 6.91. The van der Waals surface area contributed by atoms with E-state index in [1.165, 1.54) is 11.0 Å². The Morgan fingerprint density at radius 3 is 2.52 bits per heavy atom. The number of aromatic nitrogens is 1. The first-order valence-corrected chi connectivity index (χ1v) is 14.8. The number of esters is 1. The third-order valence-electron chi connectivity index (χ3n) is 7.91. The van der Waals surface area contributed by atoms with Crippen molar-refractivity contribution in [3.05, 3.63) is 38.8 Å². The number of anilines is 2. The maximum atomic E-state index is 15.3. The molecular weight excluding hydrogens is 601 g/mol. The average molecular weight is 637 g/mol. The normalized spacial score (nSPS) is 21.4. The summed E-state index contributed by atoms with van der Waals surface area (Å²) in [6, 6.07) is 1.29. The van der Waals surface area contributed by atoms with Crippen LogP contribution in [0.3, 0.4) is 0 Å². The summed E-state index contributed by atoms with van der Waals surface area (Å²) in [4.78, 5) is 33.7. The van der Waals surface area contributed by atoms with Crippen LogP contribution in [0.1, 0.15) is 72.1 Å². The molecule has 1 unspecified atom stereocenters. The third kappa shape index (κ3) is 5.43. The Labute approximate surface area is 248 Å². The molecule has 1 aromatic heterocycles. The first-order chi connectivity index (χ1) is 18.5. The quantitative estimate of drug-likeness (QED) is 0.276. The van der Waals surface area contributed by atoms with E-state index in [1.807, 2.05) is 20.8 Å². The molecule has 1 amide bonds. The Kier molecular flexibility index (Phi) is 7.18. The molecule has 10 heteroatoms. The SMILES string of the molecule is CN(C(=O)OC(C)(C)C)c1cc(F)c(Cl)c2c1Cc1ncc(Br)c(N3CCC4(C[C@@H]4CC(=O)OC(C)(C)C)C3)c1-2. The van der Waals surface area contributed by atoms with Gasteiger partial charge in [0.25, 0.3) is 0 Å². The number of ether oxygens (including phenoxy) is 2. The van der Waals surface area contributed by atoms with E-state index in [-0.39, 0.29) is 22.3 Å². The van der Waals surface area contributed by atoms with Crippen molar-refractivity contribution in [3.8, 4) is 11.1 Å². The highest BCUT2D eigenvalue weighted by Gasteiger charge is 2.58. The second kappa shape index (κ2) is 9.86. The number of hydrogen-bond acceptors (Lipinski definition) is 6. The smallest absolute Gasteiger partial charge is 0.414 e. The van der Waals surface area contributed by atoms with E-state index in [9.17, 15) is 9.59 Å². The molecular formula is C30H36BrClFN3O4. The molecule has 3 aliphatic rings. The Balaban J connectivity index is 1.46. The molecule has 0 N–H and O–H groups in total. The van der Waals surface area contributed by atoms with E-state index in [0.717, 1.165) is 52.9 Å². The predicted molar refractivity (Wildman–Crippen MR) is 158 cm³/mol. The van der Waals surface area contributed by atoms with Crippen molar-refractivity contribution in [2.45, 2.75) is 78.4 Å². The number of pyridine rings is 1. The van der Waals surface area contributed by atoms with Gasteiger partial charge in [-0.1, -0.05) is 11.6 Å². The van der Waals surface area contributed by atoms with Crippen LogP contribution >= 0.6 is 27.5 Å². The number of amides is 1. The van der Waals surface area contributed by atoms with Gasteiger partial charge in [0, 0.05) is 50.3 Å². The predicted octanol–water partition coefficient (Wildman–Crippen LogP) is 7.53. The molecule has 40 heavy (non-hydrogen) atoms. The van der Waals surface area contributed by atoms with Gasteiger partial charge in [-0.15, -0.1) is 0 Å². The molecule has 2 atom stereocenters. The highest BCUT2D eigenvalue weighted by Crippen LogP contribution is 2.62. The van der Waals surface area contributed by atoms with Crippen LogP contribution in [0.25, 0.3) is 11.1 Å². The number of carbonyl (C=O) groups is 2. The summed E-state index contributed by atoms with van der Waals surface area (Å²) in [5.41, 5.74) is 3.06. The summed E-state index contributed by atoms with van der Waals surface area (Å²) in [6.45, 7) is 12.6. The Morgan fingerprint density at radius 1 is 1.20 bits per heavy atom. The van der Waals surface area contributed by atoms with Crippen LogP contribution < -0.4 is 9.80 Å². The zero-order valence-corrected chi connectivity index (χ0v) is 26.4. The summed E-state index contributed by atoms with van der Waals surface area (Å²) >= 11 is 10.3. The van der Waals surface area contributed by atoms with Gasteiger partial charge in [0.2, 0.25) is 0 Å². The fourth-order valence-electron chi connectivity index (χ4n) is 6.10. The minimum Gasteiger partial charge on any atom is -0.460 e. The number of hydrogen-bond donors (Lipinski definition) is 0. The van der Waals surface area contributed by atoms with Gasteiger partial charge in [-0.25, -0.2) is 9.18 Å². The van der Waals surface area contributed by atoms with Crippen LogP contribution in [0.4, 0.5) is 20.6 Å². The van der Waals surface area contributed by atoms with E-state index < -0.39 is 23.1 Å². The van der Waals surface area contributed by atoms with Gasteiger partial charge in [0.1, 0.15) is 17.0 Å². The van der Waals surface area contributed by atoms with E-state index in [1.54, 1.807) is 34.0 Å². The van der Waals surface area contributed by atoms with Crippen molar-refractivity contribution in [3.63, 3.8) is 0 Å². The Morgan fingerprint density at radius 2 is 1.88 bits per heavy atom. The molecule has 0 radical (unpaired) electrons. The lowest BCUT2D eigenvalue weighted by Gasteiger charge is -2.27. The van der Waals surface area contributed by atoms with Crippen LogP contribution in [0.5, 0.6) is 0 Å². The van der Waals surface area contributed by atoms with Crippen LogP contribution in [-0.4, -0.2) is 48.4 Å². The number of rotatable bonds is 4. The minimum absolute atomic E-state index is 0.0133. The zero-order valence-electron chi connectivity index (χ0n) is 24.1. The van der Waals surface area contributed by atoms with Crippen molar-refractivity contribution in [2.75, 3.05) is 29.9 Å². The monoisotopic (exact) mass is 635 g/mol. The third-order valence-corrected chi connectivity index (χ3v) is 8.86. The summed E-state index contributed by atoms with van der Waals surface area (Å²) in [5, 5.41) is 0.0133. The number of carbonyl (C=O) groups excluding carboxylic acids is 2. The van der Waals surface area contributed by atoms with Gasteiger partial charge in [-0.2, -0.15) is 0 Å². The van der Waals surface area contributed by atoms with Gasteiger partial charge >= 0.3 is 12.1 Å². The van der Waals surface area contributed by atoms with Crippen molar-refractivity contribution < 1.29 is 23.5 Å². The Bertz CT molecular complexity index is 1400. The Hall–Kier alpha value is -2.39. The average Bonchev–Trinajstić information content (AvgIpc) is 3.13. The van der Waals surface area contributed by atoms with Crippen molar-refractivity contribution in [2.24, 2.45) is 11.3 Å². The fraction of sp³-hybridized carbons (Fsp3) is 0.567. The second-order valence-corrected chi connectivity index (χ2v) is 14.5. The number of fused-ring (bicyclic) bond motifs is 3. The molecule has 2 aliphatic carbocycles. The van der Waals surface area contributed by atoms with Gasteiger partial charge in [0.05, 0.1) is 26.6 Å². The van der Waals surface area contributed by atoms with E-state index in [2.05, 4.69) is 25.8 Å². The summed E-state index contributed by atoms with van der Waals surface area (Å²) < 4.78 is 27.2. The maximum Gasteiger partial charge on any atom is 0.414 e. The lowest BCUT2D eigenvalue weighted by Crippen LogP contribution is -2.34. The largest absolute Gasteiger partial charge is 0.460 e. The topological polar surface area (TPSA) is 72.0 Å². The molecule has 1 spiro atoms. The lowest BCUT2D eigenvalue weighted by atomic mass is 10.0. The summed E-state index contributed by atoms with van der Waals surface area (Å²) in [5.74, 6) is -0.484. The standard InChI is InChI=1S/C30H36BrClFN3O4/c1-28(2,3)39-22(37)10-16-13-30(16)8-9-36(15-30)26-18(31)14-34-20-11-17-21(35(7)27(38)40-29(4,5)6)12-19(33)25(32)23(17)24(20)26/h12,14,16H,8-11,13,15H2,1-7H3/t16-,30?/m0/s1. The maximum absolute atomic E-state index is 15.3. The molecule has 1 aliphatic heterocycles. The number of nitrogens with zero attached hydrogens (tertiary/aromatic N) is 3. The van der Waals surface area contributed by atoms with Gasteiger partial charge in [-0.05, 0) is 93.3 Å². The molecule has 216 valence electrons. The van der Waals surface area contributed by atoms with Crippen LogP contribution in [-0.2, 0) is 20.7 Å². The minimum atomic E-state index is -0.697. The molecule has 7 nitrogen and oxygen atoms in total. The second-order valence-electron chi connectivity index (χ2n) is 13.3. The molecule has 2 fully saturated rings. The van der Waals surface area contributed by atoms with Crippen LogP contribution in [0.15, 0.2) is 16.7 Å². The van der Waals surface area contributed by atoms with Crippen molar-refractivity contribution in [1.29, 1.82) is 0 Å². The molecule has 0 bridgehead atoms. The number of benzene rings is 1. The summed E-state index contributed by atoms with van der Waals surface area (Å²) in [7, 11) is 1.58. The highest BCUT2D eigenvalue weighted by molar-refractivity contribution is 9.10.